The summed E-state index contributed by atoms with van der Waals surface area (Å²) in [6.45, 7) is 5.17. The highest BCUT2D eigenvalue weighted by molar-refractivity contribution is 5.79. The van der Waals surface area contributed by atoms with Gasteiger partial charge in [0, 0.05) is 33.4 Å². The van der Waals surface area contributed by atoms with E-state index >= 15 is 0 Å². The Hall–Kier alpha value is -2.15. The molecule has 1 fully saturated rings. The van der Waals surface area contributed by atoms with Crippen molar-refractivity contribution in [1.29, 1.82) is 0 Å². The molecule has 0 radical (unpaired) electrons. The monoisotopic (exact) mass is 407 g/mol. The molecular formula is C22H37N3O4. The Balaban J connectivity index is 1.96. The van der Waals surface area contributed by atoms with E-state index in [9.17, 15) is 0 Å². The molecule has 0 unspecified atom stereocenters. The minimum Gasteiger partial charge on any atom is -0.493 e. The number of guanidine groups is 1. The van der Waals surface area contributed by atoms with Crippen molar-refractivity contribution in [2.75, 3.05) is 48.1 Å². The largest absolute Gasteiger partial charge is 0.493 e. The lowest BCUT2D eigenvalue weighted by atomic mass is 9.83. The van der Waals surface area contributed by atoms with Crippen molar-refractivity contribution in [3.63, 3.8) is 0 Å². The van der Waals surface area contributed by atoms with E-state index in [-0.39, 0.29) is 0 Å². The number of ether oxygens (including phenoxy) is 4. The van der Waals surface area contributed by atoms with E-state index in [0.29, 0.717) is 29.2 Å². The van der Waals surface area contributed by atoms with Gasteiger partial charge < -0.3 is 29.6 Å². The van der Waals surface area contributed by atoms with Gasteiger partial charge in [-0.25, -0.2) is 0 Å². The molecule has 0 aliphatic heterocycles. The fourth-order valence-corrected chi connectivity index (χ4v) is 3.99. The molecule has 1 aliphatic carbocycles. The third-order valence-electron chi connectivity index (χ3n) is 5.68. The van der Waals surface area contributed by atoms with E-state index in [0.717, 1.165) is 37.7 Å². The maximum absolute atomic E-state index is 5.61. The Morgan fingerprint density at radius 3 is 2.21 bits per heavy atom. The van der Waals surface area contributed by atoms with Crippen molar-refractivity contribution in [3.8, 4) is 17.2 Å². The zero-order chi connectivity index (χ0) is 21.1. The molecule has 7 nitrogen and oxygen atoms in total. The maximum Gasteiger partial charge on any atom is 0.203 e. The third kappa shape index (κ3) is 6.42. The van der Waals surface area contributed by atoms with Crippen LogP contribution >= 0.6 is 0 Å². The molecule has 2 rings (SSSR count). The van der Waals surface area contributed by atoms with Gasteiger partial charge in [-0.05, 0) is 49.3 Å². The first-order chi connectivity index (χ1) is 14.1. The van der Waals surface area contributed by atoms with E-state index in [1.165, 1.54) is 25.7 Å². The molecule has 0 amide bonds. The first-order valence-electron chi connectivity index (χ1n) is 10.4. The lowest BCUT2D eigenvalue weighted by Gasteiger charge is -2.30. The van der Waals surface area contributed by atoms with Gasteiger partial charge in [0.05, 0.1) is 21.3 Å². The quantitative estimate of drug-likeness (QED) is 0.333. The number of nitrogens with zero attached hydrogens (tertiary/aromatic N) is 1. The van der Waals surface area contributed by atoms with Gasteiger partial charge in [0.25, 0.3) is 0 Å². The van der Waals surface area contributed by atoms with Crippen molar-refractivity contribution in [2.24, 2.45) is 10.4 Å². The van der Waals surface area contributed by atoms with Crippen LogP contribution in [0.5, 0.6) is 17.2 Å². The first kappa shape index (κ1) is 23.1. The van der Waals surface area contributed by atoms with Crippen LogP contribution in [0.15, 0.2) is 17.1 Å². The summed E-state index contributed by atoms with van der Waals surface area (Å²) in [7, 11) is 6.65. The molecule has 1 aliphatic rings. The number of benzene rings is 1. The van der Waals surface area contributed by atoms with Crippen LogP contribution in [0.1, 0.15) is 44.6 Å². The number of nitrogens with one attached hydrogen (secondary N) is 2. The van der Waals surface area contributed by atoms with Crippen LogP contribution in [0.3, 0.4) is 0 Å². The van der Waals surface area contributed by atoms with Crippen molar-refractivity contribution in [1.82, 2.24) is 10.6 Å². The second-order valence-corrected chi connectivity index (χ2v) is 7.47. The van der Waals surface area contributed by atoms with Gasteiger partial charge in [-0.2, -0.15) is 0 Å². The lowest BCUT2D eigenvalue weighted by molar-refractivity contribution is 0.105. The number of hydrogen-bond donors (Lipinski definition) is 2. The van der Waals surface area contributed by atoms with Crippen LogP contribution in [0.2, 0.25) is 0 Å². The molecule has 1 saturated carbocycles. The molecule has 29 heavy (non-hydrogen) atoms. The Labute approximate surface area is 175 Å². The summed E-state index contributed by atoms with van der Waals surface area (Å²) in [4.78, 5) is 4.39. The van der Waals surface area contributed by atoms with Gasteiger partial charge in [0.15, 0.2) is 17.5 Å². The molecule has 0 atom stereocenters. The second-order valence-electron chi connectivity index (χ2n) is 7.47. The summed E-state index contributed by atoms with van der Waals surface area (Å²) in [5, 5.41) is 6.92. The zero-order valence-corrected chi connectivity index (χ0v) is 18.6. The van der Waals surface area contributed by atoms with Crippen LogP contribution in [0.25, 0.3) is 0 Å². The summed E-state index contributed by atoms with van der Waals surface area (Å²) in [6, 6.07) is 3.89. The van der Waals surface area contributed by atoms with Crippen molar-refractivity contribution < 1.29 is 18.9 Å². The summed E-state index contributed by atoms with van der Waals surface area (Å²) in [5.74, 6) is 2.68. The smallest absolute Gasteiger partial charge is 0.203 e. The highest BCUT2D eigenvalue weighted by Crippen LogP contribution is 2.40. The molecule has 0 spiro atoms. The number of rotatable bonds is 11. The average Bonchev–Trinajstić information content (AvgIpc) is 3.22. The predicted molar refractivity (Wildman–Crippen MR) is 116 cm³/mol. The molecule has 1 aromatic rings. The molecule has 1 aromatic carbocycles. The molecule has 0 bridgehead atoms. The van der Waals surface area contributed by atoms with Crippen molar-refractivity contribution in [2.45, 2.75) is 45.6 Å². The zero-order valence-electron chi connectivity index (χ0n) is 18.6. The summed E-state index contributed by atoms with van der Waals surface area (Å²) < 4.78 is 21.9. The van der Waals surface area contributed by atoms with Crippen LogP contribution in [-0.4, -0.2) is 54.1 Å². The van der Waals surface area contributed by atoms with Gasteiger partial charge >= 0.3 is 0 Å². The Morgan fingerprint density at radius 2 is 1.69 bits per heavy atom. The summed E-state index contributed by atoms with van der Waals surface area (Å²) >= 11 is 0. The highest BCUT2D eigenvalue weighted by atomic mass is 16.5. The van der Waals surface area contributed by atoms with Crippen LogP contribution in [-0.2, 0) is 11.3 Å². The normalized spacial score (nSPS) is 15.8. The lowest BCUT2D eigenvalue weighted by Crippen LogP contribution is -2.43. The number of aliphatic imine (C=N–C) groups is 1. The highest BCUT2D eigenvalue weighted by Gasteiger charge is 2.33. The maximum atomic E-state index is 5.61. The van der Waals surface area contributed by atoms with Gasteiger partial charge in [0.2, 0.25) is 5.75 Å². The third-order valence-corrected chi connectivity index (χ3v) is 5.68. The van der Waals surface area contributed by atoms with Crippen LogP contribution < -0.4 is 24.8 Å². The van der Waals surface area contributed by atoms with E-state index in [1.807, 2.05) is 12.1 Å². The van der Waals surface area contributed by atoms with Gasteiger partial charge in [0.1, 0.15) is 0 Å². The van der Waals surface area contributed by atoms with Crippen molar-refractivity contribution in [3.05, 3.63) is 17.7 Å². The Morgan fingerprint density at radius 1 is 1.03 bits per heavy atom. The standard InChI is InChI=1S/C22H37N3O4/c1-6-29-12-11-22(9-7-8-10-22)16-25-21(23-2)24-15-17-13-18(26-3)20(28-5)19(14-17)27-4/h13-14H,6-12,15-16H2,1-5H3,(H2,23,24,25). The summed E-state index contributed by atoms with van der Waals surface area (Å²) in [6.07, 6.45) is 6.18. The predicted octanol–water partition coefficient (Wildman–Crippen LogP) is 3.36. The van der Waals surface area contributed by atoms with Gasteiger partial charge in [-0.3, -0.25) is 4.99 Å². The SMILES string of the molecule is CCOCCC1(CNC(=NC)NCc2cc(OC)c(OC)c(OC)c2)CCCC1. The number of hydrogen-bond acceptors (Lipinski definition) is 5. The van der Waals surface area contributed by atoms with Crippen LogP contribution in [0, 0.1) is 5.41 Å². The molecule has 0 aromatic heterocycles. The van der Waals surface area contributed by atoms with E-state index in [4.69, 9.17) is 18.9 Å². The fourth-order valence-electron chi connectivity index (χ4n) is 3.99. The first-order valence-corrected chi connectivity index (χ1v) is 10.4. The molecular weight excluding hydrogens is 370 g/mol. The molecule has 164 valence electrons. The minimum absolute atomic E-state index is 0.305. The van der Waals surface area contributed by atoms with Gasteiger partial charge in [-0.1, -0.05) is 12.8 Å². The van der Waals surface area contributed by atoms with E-state index in [2.05, 4.69) is 22.5 Å². The minimum atomic E-state index is 0.305. The van der Waals surface area contributed by atoms with Gasteiger partial charge in [-0.15, -0.1) is 0 Å². The second kappa shape index (κ2) is 11.8. The van der Waals surface area contributed by atoms with E-state index in [1.54, 1.807) is 28.4 Å². The average molecular weight is 408 g/mol. The van der Waals surface area contributed by atoms with E-state index < -0.39 is 0 Å². The molecule has 0 heterocycles. The number of methoxy groups -OCH3 is 3. The Kier molecular flexibility index (Phi) is 9.38. The Bertz CT molecular complexity index is 632. The van der Waals surface area contributed by atoms with Crippen molar-refractivity contribution >= 4 is 5.96 Å². The molecule has 7 heteroatoms. The summed E-state index contributed by atoms with van der Waals surface area (Å²) in [5.41, 5.74) is 1.33. The topological polar surface area (TPSA) is 73.3 Å². The molecule has 2 N–H and O–H groups in total. The van der Waals surface area contributed by atoms with Crippen LogP contribution in [0.4, 0.5) is 0 Å². The molecule has 0 saturated heterocycles. The fraction of sp³-hybridized carbons (Fsp3) is 0.682.